The molecule has 4 N–H and O–H groups in total. The van der Waals surface area contributed by atoms with Gasteiger partial charge in [0.05, 0.1) is 23.1 Å². The van der Waals surface area contributed by atoms with E-state index >= 15 is 0 Å². The second-order valence-corrected chi connectivity index (χ2v) is 5.11. The van der Waals surface area contributed by atoms with Gasteiger partial charge in [-0.25, -0.2) is 0 Å². The maximum absolute atomic E-state index is 9.16. The molecule has 4 heteroatoms. The molecule has 1 atom stereocenters. The summed E-state index contributed by atoms with van der Waals surface area (Å²) < 4.78 is 0. The number of nitrogen functional groups attached to an aromatic ring is 1. The van der Waals surface area contributed by atoms with Crippen molar-refractivity contribution in [3.8, 4) is 0 Å². The monoisotopic (exact) mass is 259 g/mol. The maximum Gasteiger partial charge on any atom is 0.0743 e. The van der Waals surface area contributed by atoms with Gasteiger partial charge in [-0.2, -0.15) is 0 Å². The fourth-order valence-electron chi connectivity index (χ4n) is 2.21. The number of rotatable bonds is 5. The molecule has 1 unspecified atom stereocenters. The van der Waals surface area contributed by atoms with E-state index in [-0.39, 0.29) is 12.6 Å². The van der Waals surface area contributed by atoms with Gasteiger partial charge in [-0.05, 0) is 18.4 Å². The molecule has 0 fully saturated rings. The zero-order valence-electron chi connectivity index (χ0n) is 11.4. The van der Waals surface area contributed by atoms with Gasteiger partial charge in [0.1, 0.15) is 0 Å². The average Bonchev–Trinajstić information content (AvgIpc) is 2.40. The summed E-state index contributed by atoms with van der Waals surface area (Å²) in [6, 6.07) is 8.11. The number of nitrogens with one attached hydrogen (secondary N) is 1. The molecule has 0 bridgehead atoms. The van der Waals surface area contributed by atoms with Crippen LogP contribution in [-0.2, 0) is 0 Å². The van der Waals surface area contributed by atoms with Crippen LogP contribution in [0, 0.1) is 5.92 Å². The quantitative estimate of drug-likeness (QED) is 0.772. The van der Waals surface area contributed by atoms with Crippen LogP contribution in [0.25, 0.3) is 10.9 Å². The maximum atomic E-state index is 9.16. The van der Waals surface area contributed by atoms with Crippen LogP contribution < -0.4 is 11.1 Å². The summed E-state index contributed by atoms with van der Waals surface area (Å²) in [6.45, 7) is 4.43. The molecular formula is C15H21N3O. The SMILES string of the molecule is CC(C)C(CCO)Nc1c(N)cnc2ccccc12. The Morgan fingerprint density at radius 2 is 2.05 bits per heavy atom. The van der Waals surface area contributed by atoms with Crippen LogP contribution >= 0.6 is 0 Å². The Morgan fingerprint density at radius 1 is 1.32 bits per heavy atom. The number of hydrogen-bond donors (Lipinski definition) is 3. The molecule has 0 spiro atoms. The molecule has 0 saturated carbocycles. The molecule has 2 aromatic rings. The van der Waals surface area contributed by atoms with Crippen LogP contribution in [0.1, 0.15) is 20.3 Å². The lowest BCUT2D eigenvalue weighted by Crippen LogP contribution is -2.27. The summed E-state index contributed by atoms with van der Waals surface area (Å²) in [4.78, 5) is 4.33. The minimum Gasteiger partial charge on any atom is -0.396 e. The number of para-hydroxylation sites is 1. The lowest BCUT2D eigenvalue weighted by Gasteiger charge is -2.24. The third-order valence-corrected chi connectivity index (χ3v) is 3.38. The van der Waals surface area contributed by atoms with Crippen LogP contribution in [-0.4, -0.2) is 22.7 Å². The van der Waals surface area contributed by atoms with Crippen molar-refractivity contribution in [2.75, 3.05) is 17.7 Å². The van der Waals surface area contributed by atoms with Crippen molar-refractivity contribution in [3.63, 3.8) is 0 Å². The summed E-state index contributed by atoms with van der Waals surface area (Å²) in [5.41, 5.74) is 8.52. The van der Waals surface area contributed by atoms with Crippen LogP contribution in [0.15, 0.2) is 30.5 Å². The van der Waals surface area contributed by atoms with E-state index < -0.39 is 0 Å². The lowest BCUT2D eigenvalue weighted by atomic mass is 10.0. The van der Waals surface area contributed by atoms with E-state index in [4.69, 9.17) is 10.8 Å². The molecule has 2 rings (SSSR count). The fraction of sp³-hybridized carbons (Fsp3) is 0.400. The van der Waals surface area contributed by atoms with Crippen LogP contribution in [0.2, 0.25) is 0 Å². The molecule has 1 aromatic carbocycles. The molecule has 1 aromatic heterocycles. The topological polar surface area (TPSA) is 71.2 Å². The van der Waals surface area contributed by atoms with Gasteiger partial charge < -0.3 is 16.2 Å². The normalized spacial score (nSPS) is 12.8. The van der Waals surface area contributed by atoms with Crippen LogP contribution in [0.3, 0.4) is 0 Å². The second kappa shape index (κ2) is 5.89. The first-order valence-corrected chi connectivity index (χ1v) is 6.64. The molecule has 0 saturated heterocycles. The Balaban J connectivity index is 2.40. The third-order valence-electron chi connectivity index (χ3n) is 3.38. The first-order valence-electron chi connectivity index (χ1n) is 6.64. The number of benzene rings is 1. The number of aliphatic hydroxyl groups is 1. The molecular weight excluding hydrogens is 238 g/mol. The summed E-state index contributed by atoms with van der Waals surface area (Å²) in [6.07, 6.45) is 2.38. The van der Waals surface area contributed by atoms with Crippen molar-refractivity contribution in [2.24, 2.45) is 5.92 Å². The number of pyridine rings is 1. The highest BCUT2D eigenvalue weighted by Crippen LogP contribution is 2.29. The van der Waals surface area contributed by atoms with Crippen molar-refractivity contribution in [2.45, 2.75) is 26.3 Å². The molecule has 19 heavy (non-hydrogen) atoms. The highest BCUT2D eigenvalue weighted by molar-refractivity contribution is 5.96. The highest BCUT2D eigenvalue weighted by Gasteiger charge is 2.15. The van der Waals surface area contributed by atoms with Gasteiger partial charge in [0.25, 0.3) is 0 Å². The molecule has 102 valence electrons. The number of nitrogens with two attached hydrogens (primary N) is 1. The van der Waals surface area contributed by atoms with Crippen LogP contribution in [0.4, 0.5) is 11.4 Å². The van der Waals surface area contributed by atoms with Crippen molar-refractivity contribution in [1.29, 1.82) is 0 Å². The summed E-state index contributed by atoms with van der Waals surface area (Å²) in [5.74, 6) is 0.415. The van der Waals surface area contributed by atoms with Crippen molar-refractivity contribution >= 4 is 22.3 Å². The van der Waals surface area contributed by atoms with E-state index in [1.54, 1.807) is 6.20 Å². The first-order chi connectivity index (χ1) is 9.13. The highest BCUT2D eigenvalue weighted by atomic mass is 16.3. The van der Waals surface area contributed by atoms with Crippen molar-refractivity contribution in [3.05, 3.63) is 30.5 Å². The largest absolute Gasteiger partial charge is 0.396 e. The van der Waals surface area contributed by atoms with E-state index in [1.807, 2.05) is 24.3 Å². The second-order valence-electron chi connectivity index (χ2n) is 5.11. The number of hydrogen-bond acceptors (Lipinski definition) is 4. The number of nitrogens with zero attached hydrogens (tertiary/aromatic N) is 1. The van der Waals surface area contributed by atoms with E-state index in [2.05, 4.69) is 24.1 Å². The Morgan fingerprint density at radius 3 is 2.74 bits per heavy atom. The van der Waals surface area contributed by atoms with E-state index in [0.717, 1.165) is 16.6 Å². The zero-order chi connectivity index (χ0) is 13.8. The number of aromatic nitrogens is 1. The smallest absolute Gasteiger partial charge is 0.0743 e. The number of fused-ring (bicyclic) bond motifs is 1. The van der Waals surface area contributed by atoms with E-state index in [9.17, 15) is 0 Å². The van der Waals surface area contributed by atoms with Gasteiger partial charge >= 0.3 is 0 Å². The molecule has 1 heterocycles. The number of aliphatic hydroxyl groups excluding tert-OH is 1. The molecule has 4 nitrogen and oxygen atoms in total. The van der Waals surface area contributed by atoms with E-state index in [0.29, 0.717) is 18.0 Å². The zero-order valence-corrected chi connectivity index (χ0v) is 11.4. The van der Waals surface area contributed by atoms with Gasteiger partial charge in [0.15, 0.2) is 0 Å². The summed E-state index contributed by atoms with van der Waals surface area (Å²) in [7, 11) is 0. The van der Waals surface area contributed by atoms with Gasteiger partial charge in [0.2, 0.25) is 0 Å². The Hall–Kier alpha value is -1.81. The fourth-order valence-corrected chi connectivity index (χ4v) is 2.21. The molecule has 0 aliphatic heterocycles. The molecule has 0 amide bonds. The third kappa shape index (κ3) is 2.96. The standard InChI is InChI=1S/C15H21N3O/c1-10(2)13(7-8-19)18-15-11-5-3-4-6-14(11)17-9-12(15)16/h3-6,9-10,13,19H,7-8,16H2,1-2H3,(H,17,18). The van der Waals surface area contributed by atoms with Gasteiger partial charge in [-0.15, -0.1) is 0 Å². The summed E-state index contributed by atoms with van der Waals surface area (Å²) >= 11 is 0. The Labute approximate surface area is 113 Å². The summed E-state index contributed by atoms with van der Waals surface area (Å²) in [5, 5.41) is 13.6. The van der Waals surface area contributed by atoms with Gasteiger partial charge in [-0.3, -0.25) is 4.98 Å². The molecule has 0 aliphatic rings. The predicted octanol–water partition coefficient (Wildman–Crippen LogP) is 2.64. The minimum absolute atomic E-state index is 0.165. The first kappa shape index (κ1) is 13.6. The number of anilines is 2. The van der Waals surface area contributed by atoms with Crippen molar-refractivity contribution < 1.29 is 5.11 Å². The lowest BCUT2D eigenvalue weighted by molar-refractivity contribution is 0.267. The Kier molecular flexibility index (Phi) is 4.22. The van der Waals surface area contributed by atoms with Gasteiger partial charge in [0, 0.05) is 18.0 Å². The van der Waals surface area contributed by atoms with E-state index in [1.165, 1.54) is 0 Å². The molecule has 0 aliphatic carbocycles. The molecule has 0 radical (unpaired) electrons. The Bertz CT molecular complexity index is 554. The van der Waals surface area contributed by atoms with Crippen molar-refractivity contribution in [1.82, 2.24) is 4.98 Å². The predicted molar refractivity (Wildman–Crippen MR) is 80.1 cm³/mol. The van der Waals surface area contributed by atoms with Crippen LogP contribution in [0.5, 0.6) is 0 Å². The average molecular weight is 259 g/mol. The van der Waals surface area contributed by atoms with Gasteiger partial charge in [-0.1, -0.05) is 32.0 Å². The minimum atomic E-state index is 0.165.